The molecule has 0 aliphatic heterocycles. The molecule has 0 amide bonds. The van der Waals surface area contributed by atoms with Gasteiger partial charge in [0.25, 0.3) is 0 Å². The van der Waals surface area contributed by atoms with Crippen LogP contribution < -0.4 is 0 Å². The maximum Gasteiger partial charge on any atom is -0.000691 e. The maximum atomic E-state index is 4.05. The zero-order valence-electron chi connectivity index (χ0n) is 6.86. The van der Waals surface area contributed by atoms with Gasteiger partial charge in [0.15, 0.2) is 0 Å². The predicted octanol–water partition coefficient (Wildman–Crippen LogP) is 3.46. The number of hydrogen-bond donors (Lipinski definition) is 0. The Morgan fingerprint density at radius 3 is 2.73 bits per heavy atom. The summed E-state index contributed by atoms with van der Waals surface area (Å²) in [6.45, 7) is 8.37. The lowest BCUT2D eigenvalue weighted by Crippen LogP contribution is -1.73. The summed E-state index contributed by atoms with van der Waals surface area (Å²) >= 11 is 0. The molecule has 1 aromatic heterocycles. The van der Waals surface area contributed by atoms with Gasteiger partial charge in [-0.1, -0.05) is 6.58 Å². The van der Waals surface area contributed by atoms with E-state index in [1.165, 1.54) is 27.3 Å². The highest BCUT2D eigenvalue weighted by molar-refractivity contribution is 7.33. The molecule has 0 N–H and O–H groups in total. The first kappa shape index (κ1) is 6.94. The van der Waals surface area contributed by atoms with Crippen LogP contribution in [0.2, 0.25) is 0 Å². The van der Waals surface area contributed by atoms with Gasteiger partial charge in [-0.2, -0.15) is 0 Å². The molecule has 11 heavy (non-hydrogen) atoms. The lowest BCUT2D eigenvalue weighted by atomic mass is 10.1. The first-order valence-electron chi connectivity index (χ1n) is 3.76. The van der Waals surface area contributed by atoms with E-state index in [4.69, 9.17) is 0 Å². The van der Waals surface area contributed by atoms with Crippen molar-refractivity contribution in [3.8, 4) is 0 Å². The molecule has 0 saturated carbocycles. The minimum absolute atomic E-state index is 0.892. The van der Waals surface area contributed by atoms with Crippen molar-refractivity contribution in [3.63, 3.8) is 0 Å². The van der Waals surface area contributed by atoms with E-state index >= 15 is 0 Å². The van der Waals surface area contributed by atoms with E-state index in [9.17, 15) is 0 Å². The molecule has 56 valence electrons. The molecule has 0 spiro atoms. The van der Waals surface area contributed by atoms with Gasteiger partial charge in [0.05, 0.1) is 0 Å². The van der Waals surface area contributed by atoms with Gasteiger partial charge in [-0.25, -0.2) is 0 Å². The molecule has 0 radical (unpaired) electrons. The number of aryl methyl sites for hydroxylation is 1. The van der Waals surface area contributed by atoms with Crippen molar-refractivity contribution in [2.75, 3.05) is 0 Å². The van der Waals surface area contributed by atoms with Crippen LogP contribution in [0.3, 0.4) is 0 Å². The molecule has 0 aromatic carbocycles. The summed E-state index contributed by atoms with van der Waals surface area (Å²) in [6, 6.07) is 2.27. The summed E-state index contributed by atoms with van der Waals surface area (Å²) in [7, 11) is 0.892. The van der Waals surface area contributed by atoms with Gasteiger partial charge < -0.3 is 0 Å². The van der Waals surface area contributed by atoms with Crippen LogP contribution in [0.5, 0.6) is 0 Å². The number of fused-ring (bicyclic) bond motifs is 1. The van der Waals surface area contributed by atoms with Crippen LogP contribution in [0.1, 0.15) is 23.1 Å². The summed E-state index contributed by atoms with van der Waals surface area (Å²) < 4.78 is 0. The molecule has 1 aromatic rings. The maximum absolute atomic E-state index is 4.05. The number of allylic oxidation sites excluding steroid dienone is 2. The minimum Gasteiger partial charge on any atom is -0.129 e. The standard InChI is InChI=1S/C10H11P/c1-6-4-10-9(8(6)3)5-7(2)11-10/h4-5,11H,3H2,1-2H3. The summed E-state index contributed by atoms with van der Waals surface area (Å²) in [5.74, 6) is 0. The van der Waals surface area contributed by atoms with Crippen LogP contribution in [0.25, 0.3) is 11.6 Å². The summed E-state index contributed by atoms with van der Waals surface area (Å²) in [4.78, 5) is 0. The summed E-state index contributed by atoms with van der Waals surface area (Å²) in [5.41, 5.74) is 3.95. The predicted molar refractivity (Wildman–Crippen MR) is 53.4 cm³/mol. The Balaban J connectivity index is 2.65. The fourth-order valence-corrected chi connectivity index (χ4v) is 2.78. The smallest absolute Gasteiger partial charge is 0.000691 e. The molecular formula is C10H11P. The van der Waals surface area contributed by atoms with Gasteiger partial charge >= 0.3 is 0 Å². The molecule has 1 heterocycles. The second-order valence-corrected chi connectivity index (χ2v) is 4.66. The third kappa shape index (κ3) is 0.902. The van der Waals surface area contributed by atoms with E-state index < -0.39 is 0 Å². The summed E-state index contributed by atoms with van der Waals surface area (Å²) in [6.07, 6.45) is 2.27. The van der Waals surface area contributed by atoms with Gasteiger partial charge in [-0.05, 0) is 53.3 Å². The SMILES string of the molecule is C=C1C(C)=Cc2[pH]c(C)cc21. The molecule has 1 aliphatic rings. The van der Waals surface area contributed by atoms with Crippen molar-refractivity contribution in [3.05, 3.63) is 34.4 Å². The van der Waals surface area contributed by atoms with Crippen LogP contribution >= 0.6 is 8.19 Å². The average molecular weight is 162 g/mol. The average Bonchev–Trinajstić information content (AvgIpc) is 2.37. The second kappa shape index (κ2) is 2.12. The molecule has 0 nitrogen and oxygen atoms in total. The van der Waals surface area contributed by atoms with E-state index in [0.717, 1.165) is 8.19 Å². The fraction of sp³-hybridized carbons (Fsp3) is 0.200. The van der Waals surface area contributed by atoms with E-state index in [0.29, 0.717) is 0 Å². The van der Waals surface area contributed by atoms with Gasteiger partial charge in [0, 0.05) is 0 Å². The molecule has 2 rings (SSSR count). The Bertz CT molecular complexity index is 353. The highest BCUT2D eigenvalue weighted by Gasteiger charge is 2.14. The first-order chi connectivity index (χ1) is 5.18. The monoisotopic (exact) mass is 162 g/mol. The number of hydrogen-bond acceptors (Lipinski definition) is 0. The van der Waals surface area contributed by atoms with Crippen LogP contribution in [0.15, 0.2) is 18.2 Å². The van der Waals surface area contributed by atoms with Gasteiger partial charge in [-0.3, -0.25) is 0 Å². The van der Waals surface area contributed by atoms with Crippen LogP contribution in [0, 0.1) is 6.92 Å². The molecule has 1 unspecified atom stereocenters. The van der Waals surface area contributed by atoms with E-state index in [1.54, 1.807) is 0 Å². The molecule has 1 atom stereocenters. The van der Waals surface area contributed by atoms with Crippen molar-refractivity contribution in [2.45, 2.75) is 13.8 Å². The minimum atomic E-state index is 0.892. The summed E-state index contributed by atoms with van der Waals surface area (Å²) in [5, 5.41) is 2.98. The normalized spacial score (nSPS) is 15.8. The number of rotatable bonds is 0. The second-order valence-electron chi connectivity index (χ2n) is 3.09. The molecule has 1 aliphatic carbocycles. The van der Waals surface area contributed by atoms with E-state index in [2.05, 4.69) is 32.6 Å². The fourth-order valence-electron chi connectivity index (χ4n) is 1.49. The largest absolute Gasteiger partial charge is 0.129 e. The van der Waals surface area contributed by atoms with E-state index in [-0.39, 0.29) is 0 Å². The Kier molecular flexibility index (Phi) is 1.34. The van der Waals surface area contributed by atoms with Crippen LogP contribution in [-0.4, -0.2) is 0 Å². The Hall–Kier alpha value is -0.740. The van der Waals surface area contributed by atoms with Crippen molar-refractivity contribution in [2.24, 2.45) is 0 Å². The van der Waals surface area contributed by atoms with Crippen molar-refractivity contribution >= 4 is 19.8 Å². The molecule has 1 heteroatoms. The highest BCUT2D eigenvalue weighted by atomic mass is 31.0. The third-order valence-electron chi connectivity index (χ3n) is 2.14. The van der Waals surface area contributed by atoms with Crippen molar-refractivity contribution in [1.29, 1.82) is 0 Å². The Labute approximate surface area is 68.7 Å². The quantitative estimate of drug-likeness (QED) is 0.548. The Morgan fingerprint density at radius 2 is 2.09 bits per heavy atom. The highest BCUT2D eigenvalue weighted by Crippen LogP contribution is 2.41. The molecular weight excluding hydrogens is 151 g/mol. The third-order valence-corrected chi connectivity index (χ3v) is 3.37. The zero-order valence-corrected chi connectivity index (χ0v) is 7.86. The molecule has 0 saturated heterocycles. The van der Waals surface area contributed by atoms with Crippen LogP contribution in [0.4, 0.5) is 0 Å². The van der Waals surface area contributed by atoms with Crippen molar-refractivity contribution < 1.29 is 0 Å². The van der Waals surface area contributed by atoms with E-state index in [1.807, 2.05) is 0 Å². The molecule has 0 bridgehead atoms. The lowest BCUT2D eigenvalue weighted by molar-refractivity contribution is 1.58. The van der Waals surface area contributed by atoms with Gasteiger partial charge in [0.1, 0.15) is 0 Å². The lowest BCUT2D eigenvalue weighted by Gasteiger charge is -1.94. The van der Waals surface area contributed by atoms with Gasteiger partial charge in [0.2, 0.25) is 0 Å². The Morgan fingerprint density at radius 1 is 1.36 bits per heavy atom. The first-order valence-corrected chi connectivity index (χ1v) is 4.76. The van der Waals surface area contributed by atoms with Gasteiger partial charge in [-0.15, -0.1) is 8.19 Å². The topological polar surface area (TPSA) is 0 Å². The van der Waals surface area contributed by atoms with Crippen molar-refractivity contribution in [1.82, 2.24) is 0 Å². The van der Waals surface area contributed by atoms with Crippen LogP contribution in [-0.2, 0) is 0 Å². The molecule has 0 fully saturated rings. The zero-order chi connectivity index (χ0) is 8.01.